The minimum atomic E-state index is -0.605. The summed E-state index contributed by atoms with van der Waals surface area (Å²) >= 11 is 0. The maximum atomic E-state index is 11.4. The third kappa shape index (κ3) is 6.94. The topological polar surface area (TPSA) is 67.4 Å². The Hall–Kier alpha value is -1.10. The largest absolute Gasteiger partial charge is 0.467 e. The first-order chi connectivity index (χ1) is 8.04. The molecule has 100 valence electrons. The molecule has 1 atom stereocenters. The van der Waals surface area contributed by atoms with Crippen LogP contribution < -0.4 is 10.6 Å². The molecule has 0 fully saturated rings. The maximum absolute atomic E-state index is 11.4. The van der Waals surface area contributed by atoms with Gasteiger partial charge in [0.25, 0.3) is 0 Å². The fourth-order valence-electron chi connectivity index (χ4n) is 1.59. The van der Waals surface area contributed by atoms with E-state index in [2.05, 4.69) is 29.2 Å². The van der Waals surface area contributed by atoms with Gasteiger partial charge < -0.3 is 15.4 Å². The fraction of sp³-hybridized carbons (Fsp3) is 0.833. The van der Waals surface area contributed by atoms with Crippen LogP contribution in [-0.2, 0) is 14.3 Å². The molecule has 0 aliphatic heterocycles. The van der Waals surface area contributed by atoms with Gasteiger partial charge in [-0.2, -0.15) is 0 Å². The third-order valence-electron chi connectivity index (χ3n) is 2.80. The highest BCUT2D eigenvalue weighted by atomic mass is 16.5. The molecule has 0 spiro atoms. The number of carbonyl (C=O) groups excluding carboxylic acids is 2. The lowest BCUT2D eigenvalue weighted by molar-refractivity contribution is -0.144. The number of ether oxygens (including phenoxy) is 1. The minimum Gasteiger partial charge on any atom is -0.467 e. The molecule has 0 radical (unpaired) electrons. The van der Waals surface area contributed by atoms with E-state index < -0.39 is 12.0 Å². The van der Waals surface area contributed by atoms with E-state index in [1.165, 1.54) is 14.0 Å². The van der Waals surface area contributed by atoms with Gasteiger partial charge in [0.2, 0.25) is 5.91 Å². The highest BCUT2D eigenvalue weighted by Gasteiger charge is 2.19. The maximum Gasteiger partial charge on any atom is 0.329 e. The lowest BCUT2D eigenvalue weighted by Crippen LogP contribution is -2.47. The van der Waals surface area contributed by atoms with Crippen LogP contribution in [0.15, 0.2) is 0 Å². The van der Waals surface area contributed by atoms with E-state index in [0.29, 0.717) is 12.5 Å². The van der Waals surface area contributed by atoms with E-state index in [-0.39, 0.29) is 5.91 Å². The second kappa shape index (κ2) is 8.98. The van der Waals surface area contributed by atoms with Gasteiger partial charge in [-0.15, -0.1) is 0 Å². The molecule has 1 amide bonds. The summed E-state index contributed by atoms with van der Waals surface area (Å²) in [6, 6.07) is -0.605. The highest BCUT2D eigenvalue weighted by Crippen LogP contribution is 2.04. The number of rotatable bonds is 8. The Labute approximate surface area is 103 Å². The Morgan fingerprint density at radius 1 is 1.18 bits per heavy atom. The second-order valence-corrected chi connectivity index (χ2v) is 4.12. The SMILES string of the molecule is CCC(CC)CNCC(NC(C)=O)C(=O)OC. The Bertz CT molecular complexity index is 240. The van der Waals surface area contributed by atoms with Gasteiger partial charge in [-0.05, 0) is 12.5 Å². The summed E-state index contributed by atoms with van der Waals surface area (Å²) in [4.78, 5) is 22.3. The molecular weight excluding hydrogens is 220 g/mol. The summed E-state index contributed by atoms with van der Waals surface area (Å²) in [5, 5.41) is 5.76. The van der Waals surface area contributed by atoms with Crippen molar-refractivity contribution >= 4 is 11.9 Å². The predicted molar refractivity (Wildman–Crippen MR) is 66.6 cm³/mol. The quantitative estimate of drug-likeness (QED) is 0.616. The van der Waals surface area contributed by atoms with Crippen LogP contribution in [0.2, 0.25) is 0 Å². The molecule has 0 heterocycles. The number of hydrogen-bond acceptors (Lipinski definition) is 4. The predicted octanol–water partition coefficient (Wildman–Crippen LogP) is 0.690. The zero-order valence-corrected chi connectivity index (χ0v) is 11.2. The molecule has 0 aromatic heterocycles. The van der Waals surface area contributed by atoms with Crippen molar-refractivity contribution in [2.24, 2.45) is 5.92 Å². The number of esters is 1. The Morgan fingerprint density at radius 2 is 1.76 bits per heavy atom. The molecule has 0 bridgehead atoms. The summed E-state index contributed by atoms with van der Waals surface area (Å²) in [6.07, 6.45) is 2.21. The van der Waals surface area contributed by atoms with Crippen molar-refractivity contribution in [2.75, 3.05) is 20.2 Å². The van der Waals surface area contributed by atoms with Gasteiger partial charge in [-0.1, -0.05) is 26.7 Å². The van der Waals surface area contributed by atoms with Gasteiger partial charge in [0.15, 0.2) is 0 Å². The molecule has 17 heavy (non-hydrogen) atoms. The van der Waals surface area contributed by atoms with Crippen molar-refractivity contribution in [3.63, 3.8) is 0 Å². The van der Waals surface area contributed by atoms with E-state index in [0.717, 1.165) is 19.4 Å². The second-order valence-electron chi connectivity index (χ2n) is 4.12. The molecule has 0 aromatic rings. The standard InChI is InChI=1S/C12H24N2O3/c1-5-10(6-2)7-13-8-11(12(16)17-4)14-9(3)15/h10-11,13H,5-8H2,1-4H3,(H,14,15). The van der Waals surface area contributed by atoms with Crippen molar-refractivity contribution in [1.29, 1.82) is 0 Å². The first kappa shape index (κ1) is 15.9. The number of carbonyl (C=O) groups is 2. The molecule has 0 aliphatic rings. The third-order valence-corrected chi connectivity index (χ3v) is 2.80. The van der Waals surface area contributed by atoms with Gasteiger partial charge >= 0.3 is 5.97 Å². The van der Waals surface area contributed by atoms with Crippen LogP contribution in [-0.4, -0.2) is 38.1 Å². The van der Waals surface area contributed by atoms with Crippen LogP contribution in [0.4, 0.5) is 0 Å². The van der Waals surface area contributed by atoms with Gasteiger partial charge in [-0.3, -0.25) is 4.79 Å². The van der Waals surface area contributed by atoms with Crippen LogP contribution in [0.5, 0.6) is 0 Å². The zero-order chi connectivity index (χ0) is 13.3. The molecule has 0 aromatic carbocycles. The Kier molecular flexibility index (Phi) is 8.40. The van der Waals surface area contributed by atoms with Gasteiger partial charge in [0.1, 0.15) is 6.04 Å². The van der Waals surface area contributed by atoms with Crippen LogP contribution in [0.3, 0.4) is 0 Å². The molecule has 2 N–H and O–H groups in total. The molecule has 5 heteroatoms. The summed E-state index contributed by atoms with van der Waals surface area (Å²) in [7, 11) is 1.32. The van der Waals surface area contributed by atoms with Crippen molar-refractivity contribution in [2.45, 2.75) is 39.7 Å². The molecule has 5 nitrogen and oxygen atoms in total. The van der Waals surface area contributed by atoms with Crippen molar-refractivity contribution in [3.8, 4) is 0 Å². The first-order valence-electron chi connectivity index (χ1n) is 6.10. The average Bonchev–Trinajstić information content (AvgIpc) is 2.31. The zero-order valence-electron chi connectivity index (χ0n) is 11.2. The summed E-state index contributed by atoms with van der Waals surface area (Å²) in [6.45, 7) is 6.92. The Morgan fingerprint density at radius 3 is 2.18 bits per heavy atom. The van der Waals surface area contributed by atoms with E-state index in [1.54, 1.807) is 0 Å². The van der Waals surface area contributed by atoms with E-state index in [9.17, 15) is 9.59 Å². The summed E-state index contributed by atoms with van der Waals surface area (Å²) in [5.74, 6) is -0.0485. The molecule has 0 aliphatic carbocycles. The van der Waals surface area contributed by atoms with Crippen LogP contribution in [0, 0.1) is 5.92 Å². The van der Waals surface area contributed by atoms with Gasteiger partial charge in [0, 0.05) is 13.5 Å². The highest BCUT2D eigenvalue weighted by molar-refractivity contribution is 5.83. The van der Waals surface area contributed by atoms with Crippen LogP contribution >= 0.6 is 0 Å². The smallest absolute Gasteiger partial charge is 0.329 e. The molecule has 1 unspecified atom stereocenters. The Balaban J connectivity index is 4.07. The lowest BCUT2D eigenvalue weighted by atomic mass is 10.0. The van der Waals surface area contributed by atoms with Crippen molar-refractivity contribution in [3.05, 3.63) is 0 Å². The average molecular weight is 244 g/mol. The lowest BCUT2D eigenvalue weighted by Gasteiger charge is -2.18. The normalized spacial score (nSPS) is 12.3. The van der Waals surface area contributed by atoms with Crippen molar-refractivity contribution < 1.29 is 14.3 Å². The van der Waals surface area contributed by atoms with Gasteiger partial charge in [-0.25, -0.2) is 4.79 Å². The first-order valence-corrected chi connectivity index (χ1v) is 6.10. The number of hydrogen-bond donors (Lipinski definition) is 2. The monoisotopic (exact) mass is 244 g/mol. The summed E-state index contributed by atoms with van der Waals surface area (Å²) < 4.78 is 4.63. The van der Waals surface area contributed by atoms with Crippen LogP contribution in [0.25, 0.3) is 0 Å². The molecule has 0 saturated heterocycles. The van der Waals surface area contributed by atoms with E-state index in [4.69, 9.17) is 0 Å². The van der Waals surface area contributed by atoms with Crippen LogP contribution in [0.1, 0.15) is 33.6 Å². The molecule has 0 rings (SSSR count). The van der Waals surface area contributed by atoms with Crippen molar-refractivity contribution in [1.82, 2.24) is 10.6 Å². The summed E-state index contributed by atoms with van der Waals surface area (Å²) in [5.41, 5.74) is 0. The fourth-order valence-corrected chi connectivity index (χ4v) is 1.59. The van der Waals surface area contributed by atoms with E-state index >= 15 is 0 Å². The van der Waals surface area contributed by atoms with E-state index in [1.807, 2.05) is 0 Å². The number of amides is 1. The minimum absolute atomic E-state index is 0.232. The number of nitrogens with one attached hydrogen (secondary N) is 2. The van der Waals surface area contributed by atoms with Gasteiger partial charge in [0.05, 0.1) is 7.11 Å². The number of methoxy groups -OCH3 is 1. The molecular formula is C12H24N2O3. The molecule has 0 saturated carbocycles.